The summed E-state index contributed by atoms with van der Waals surface area (Å²) in [5, 5.41) is 0. The minimum absolute atomic E-state index is 0.119. The van der Waals surface area contributed by atoms with E-state index in [1.807, 2.05) is 6.92 Å². The lowest BCUT2D eigenvalue weighted by Gasteiger charge is -2.47. The summed E-state index contributed by atoms with van der Waals surface area (Å²) < 4.78 is 0. The van der Waals surface area contributed by atoms with Crippen molar-refractivity contribution in [2.45, 2.75) is 53.9 Å². The molecule has 1 fully saturated rings. The number of rotatable bonds is 3. The average Bonchev–Trinajstić information content (AvgIpc) is 2.36. The molecule has 2 atom stereocenters. The number of hydrogen-bond donors (Lipinski definition) is 1. The Kier molecular flexibility index (Phi) is 3.00. The van der Waals surface area contributed by atoms with Gasteiger partial charge in [0.15, 0.2) is 0 Å². The van der Waals surface area contributed by atoms with Crippen molar-refractivity contribution in [1.82, 2.24) is 0 Å². The predicted molar refractivity (Wildman–Crippen MR) is 67.9 cm³/mol. The van der Waals surface area contributed by atoms with Gasteiger partial charge in [0, 0.05) is 0 Å². The van der Waals surface area contributed by atoms with Gasteiger partial charge in [-0.05, 0) is 30.6 Å². The van der Waals surface area contributed by atoms with Crippen LogP contribution in [-0.2, 0) is 4.79 Å². The van der Waals surface area contributed by atoms with Crippen LogP contribution in [0.5, 0.6) is 0 Å². The van der Waals surface area contributed by atoms with Crippen LogP contribution in [0.15, 0.2) is 12.2 Å². The average molecular weight is 223 g/mol. The second-order valence-corrected chi connectivity index (χ2v) is 6.09. The van der Waals surface area contributed by atoms with Gasteiger partial charge in [-0.1, -0.05) is 46.3 Å². The Labute approximate surface area is 99.3 Å². The molecule has 0 spiro atoms. The van der Waals surface area contributed by atoms with E-state index in [1.165, 1.54) is 0 Å². The number of hydrogen-bond acceptors (Lipinski definition) is 1. The number of primary amides is 1. The molecule has 92 valence electrons. The van der Waals surface area contributed by atoms with Gasteiger partial charge in [0.25, 0.3) is 0 Å². The summed E-state index contributed by atoms with van der Waals surface area (Å²) in [7, 11) is 0. The quantitative estimate of drug-likeness (QED) is 0.733. The first-order valence-electron chi connectivity index (χ1n) is 6.11. The SMILES string of the molecule is C=C(C)[C@@]1(C(N)=O)CC[C@@](C)(CC)C1(C)C. The highest BCUT2D eigenvalue weighted by Gasteiger charge is 2.62. The van der Waals surface area contributed by atoms with E-state index in [9.17, 15) is 4.79 Å². The fourth-order valence-corrected chi connectivity index (χ4v) is 3.61. The molecule has 0 radical (unpaired) electrons. The molecule has 0 heterocycles. The summed E-state index contributed by atoms with van der Waals surface area (Å²) in [4.78, 5) is 11.9. The predicted octanol–water partition coefficient (Wildman–Crippen LogP) is 3.27. The van der Waals surface area contributed by atoms with Gasteiger partial charge in [-0.3, -0.25) is 4.79 Å². The summed E-state index contributed by atoms with van der Waals surface area (Å²) in [5.41, 5.74) is 6.12. The molecule has 1 amide bonds. The molecule has 0 aliphatic heterocycles. The summed E-state index contributed by atoms with van der Waals surface area (Å²) in [6.07, 6.45) is 2.96. The second-order valence-electron chi connectivity index (χ2n) is 6.09. The maximum absolute atomic E-state index is 11.9. The van der Waals surface area contributed by atoms with Crippen molar-refractivity contribution in [1.29, 1.82) is 0 Å². The molecule has 1 rings (SSSR count). The van der Waals surface area contributed by atoms with Gasteiger partial charge >= 0.3 is 0 Å². The third kappa shape index (κ3) is 1.28. The summed E-state index contributed by atoms with van der Waals surface area (Å²) >= 11 is 0. The first kappa shape index (κ1) is 13.3. The summed E-state index contributed by atoms with van der Waals surface area (Å²) in [6, 6.07) is 0. The Balaban J connectivity index is 3.37. The van der Waals surface area contributed by atoms with Gasteiger partial charge < -0.3 is 5.73 Å². The van der Waals surface area contributed by atoms with Crippen LogP contribution in [0, 0.1) is 16.2 Å². The van der Waals surface area contributed by atoms with Crippen molar-refractivity contribution in [3.63, 3.8) is 0 Å². The van der Waals surface area contributed by atoms with Crippen LogP contribution < -0.4 is 5.73 Å². The zero-order valence-corrected chi connectivity index (χ0v) is 11.3. The van der Waals surface area contributed by atoms with E-state index in [0.717, 1.165) is 24.8 Å². The smallest absolute Gasteiger partial charge is 0.228 e. The van der Waals surface area contributed by atoms with E-state index in [0.29, 0.717) is 0 Å². The van der Waals surface area contributed by atoms with Crippen LogP contribution in [0.4, 0.5) is 0 Å². The van der Waals surface area contributed by atoms with Gasteiger partial charge in [0.05, 0.1) is 5.41 Å². The van der Waals surface area contributed by atoms with Crippen molar-refractivity contribution in [3.05, 3.63) is 12.2 Å². The zero-order valence-electron chi connectivity index (χ0n) is 11.3. The summed E-state index contributed by atoms with van der Waals surface area (Å²) in [5.74, 6) is -0.206. The lowest BCUT2D eigenvalue weighted by Crippen LogP contribution is -2.50. The van der Waals surface area contributed by atoms with Gasteiger partial charge in [0.2, 0.25) is 5.91 Å². The van der Waals surface area contributed by atoms with Crippen molar-refractivity contribution in [2.24, 2.45) is 22.0 Å². The highest BCUT2D eigenvalue weighted by atomic mass is 16.1. The van der Waals surface area contributed by atoms with E-state index >= 15 is 0 Å². The molecular weight excluding hydrogens is 198 g/mol. The molecule has 2 nitrogen and oxygen atoms in total. The van der Waals surface area contributed by atoms with Crippen LogP contribution in [-0.4, -0.2) is 5.91 Å². The zero-order chi connectivity index (χ0) is 12.8. The van der Waals surface area contributed by atoms with Gasteiger partial charge in [-0.25, -0.2) is 0 Å². The molecule has 1 aliphatic rings. The van der Waals surface area contributed by atoms with Crippen LogP contribution in [0.25, 0.3) is 0 Å². The molecule has 0 aromatic carbocycles. The van der Waals surface area contributed by atoms with Crippen molar-refractivity contribution in [2.75, 3.05) is 0 Å². The lowest BCUT2D eigenvalue weighted by molar-refractivity contribution is -0.132. The van der Waals surface area contributed by atoms with Crippen LogP contribution in [0.2, 0.25) is 0 Å². The molecule has 2 heteroatoms. The highest BCUT2D eigenvalue weighted by molar-refractivity contribution is 5.85. The topological polar surface area (TPSA) is 43.1 Å². The number of carbonyl (C=O) groups is 1. The number of carbonyl (C=O) groups excluding carboxylic acids is 1. The Morgan fingerprint density at radius 3 is 2.00 bits per heavy atom. The van der Waals surface area contributed by atoms with E-state index in [1.54, 1.807) is 0 Å². The molecule has 1 aliphatic carbocycles. The first-order chi connectivity index (χ1) is 7.15. The van der Waals surface area contributed by atoms with Crippen molar-refractivity contribution in [3.8, 4) is 0 Å². The Morgan fingerprint density at radius 1 is 1.31 bits per heavy atom. The third-order valence-electron chi connectivity index (χ3n) is 5.56. The van der Waals surface area contributed by atoms with E-state index < -0.39 is 5.41 Å². The molecular formula is C14H25NO. The van der Waals surface area contributed by atoms with E-state index in [-0.39, 0.29) is 16.7 Å². The Morgan fingerprint density at radius 2 is 1.81 bits per heavy atom. The monoisotopic (exact) mass is 223 g/mol. The molecule has 2 N–H and O–H groups in total. The lowest BCUT2D eigenvalue weighted by atomic mass is 9.55. The minimum Gasteiger partial charge on any atom is -0.369 e. The number of nitrogens with two attached hydrogens (primary N) is 1. The first-order valence-corrected chi connectivity index (χ1v) is 6.11. The Bertz CT molecular complexity index is 316. The highest BCUT2D eigenvalue weighted by Crippen LogP contribution is 2.66. The molecule has 1 saturated carbocycles. The number of amides is 1. The molecule has 0 aromatic heterocycles. The fraction of sp³-hybridized carbons (Fsp3) is 0.786. The van der Waals surface area contributed by atoms with Crippen LogP contribution >= 0.6 is 0 Å². The summed E-state index contributed by atoms with van der Waals surface area (Å²) in [6.45, 7) is 14.8. The molecule has 16 heavy (non-hydrogen) atoms. The standard InChI is InChI=1S/C14H25NO/c1-7-13(6)8-9-14(10(2)3,11(15)16)12(13,4)5/h2,7-9H2,1,3-6H3,(H2,15,16)/t13-,14-/m1/s1. The minimum atomic E-state index is -0.530. The van der Waals surface area contributed by atoms with Gasteiger partial charge in [-0.15, -0.1) is 0 Å². The van der Waals surface area contributed by atoms with Gasteiger partial charge in [-0.2, -0.15) is 0 Å². The maximum atomic E-state index is 11.9. The van der Waals surface area contributed by atoms with Crippen molar-refractivity contribution >= 4 is 5.91 Å². The fourth-order valence-electron chi connectivity index (χ4n) is 3.61. The van der Waals surface area contributed by atoms with E-state index in [4.69, 9.17) is 5.73 Å². The molecule has 0 aromatic rings. The molecule has 0 unspecified atom stereocenters. The molecule has 0 saturated heterocycles. The maximum Gasteiger partial charge on any atom is 0.228 e. The van der Waals surface area contributed by atoms with Gasteiger partial charge in [0.1, 0.15) is 0 Å². The van der Waals surface area contributed by atoms with Crippen LogP contribution in [0.3, 0.4) is 0 Å². The third-order valence-corrected chi connectivity index (χ3v) is 5.56. The van der Waals surface area contributed by atoms with E-state index in [2.05, 4.69) is 34.3 Å². The van der Waals surface area contributed by atoms with Crippen LogP contribution in [0.1, 0.15) is 53.9 Å². The normalized spacial score (nSPS) is 37.3. The largest absolute Gasteiger partial charge is 0.369 e. The van der Waals surface area contributed by atoms with Crippen molar-refractivity contribution < 1.29 is 4.79 Å². The second kappa shape index (κ2) is 3.61. The Hall–Kier alpha value is -0.790. The molecule has 0 bridgehead atoms.